The molecule has 1 unspecified atom stereocenters. The topological polar surface area (TPSA) is 50.8 Å². The molecule has 2 saturated heterocycles. The smallest absolute Gasteiger partial charge is 0.231 e. The normalized spacial score (nSPS) is 27.8. The third kappa shape index (κ3) is 4.31. The Kier molecular flexibility index (Phi) is 6.47. The summed E-state index contributed by atoms with van der Waals surface area (Å²) in [5.41, 5.74) is -0.623. The standard InChI is InChI=1S/C15H28N2O3.ClH/c1-12-9-17(10-14(2,3)20-12)13(18)15(11-19-4)5-7-16-8-6-15;/h12,16H,5-11H2,1-4H3;1H. The van der Waals surface area contributed by atoms with Crippen molar-refractivity contribution in [3.63, 3.8) is 0 Å². The first kappa shape index (κ1) is 18.7. The highest BCUT2D eigenvalue weighted by atomic mass is 35.5. The summed E-state index contributed by atoms with van der Waals surface area (Å²) in [5.74, 6) is 0.240. The summed E-state index contributed by atoms with van der Waals surface area (Å²) >= 11 is 0. The molecular formula is C15H29ClN2O3. The second-order valence-electron chi connectivity index (χ2n) is 6.84. The van der Waals surface area contributed by atoms with Crippen LogP contribution in [-0.4, -0.2) is 62.4 Å². The molecule has 5 nitrogen and oxygen atoms in total. The van der Waals surface area contributed by atoms with Crippen molar-refractivity contribution >= 4 is 18.3 Å². The third-order valence-corrected chi connectivity index (χ3v) is 4.29. The van der Waals surface area contributed by atoms with Crippen molar-refractivity contribution in [1.29, 1.82) is 0 Å². The lowest BCUT2D eigenvalue weighted by Gasteiger charge is -2.46. The largest absolute Gasteiger partial charge is 0.384 e. The summed E-state index contributed by atoms with van der Waals surface area (Å²) in [5, 5.41) is 3.33. The SMILES string of the molecule is COCC1(C(=O)N2CC(C)OC(C)(C)C2)CCNCC1.Cl. The van der Waals surface area contributed by atoms with Crippen LogP contribution in [0.4, 0.5) is 0 Å². The van der Waals surface area contributed by atoms with Crippen LogP contribution in [0.5, 0.6) is 0 Å². The van der Waals surface area contributed by atoms with Gasteiger partial charge in [0.05, 0.1) is 23.7 Å². The van der Waals surface area contributed by atoms with Crippen molar-refractivity contribution in [2.75, 3.05) is 39.9 Å². The maximum absolute atomic E-state index is 13.1. The van der Waals surface area contributed by atoms with E-state index in [-0.39, 0.29) is 35.4 Å². The van der Waals surface area contributed by atoms with Gasteiger partial charge < -0.3 is 19.7 Å². The van der Waals surface area contributed by atoms with Crippen molar-refractivity contribution in [1.82, 2.24) is 10.2 Å². The van der Waals surface area contributed by atoms with Crippen molar-refractivity contribution in [2.24, 2.45) is 5.41 Å². The number of nitrogens with one attached hydrogen (secondary N) is 1. The van der Waals surface area contributed by atoms with Crippen molar-refractivity contribution in [2.45, 2.75) is 45.3 Å². The Hall–Kier alpha value is -0.360. The molecule has 0 aromatic carbocycles. The molecular weight excluding hydrogens is 292 g/mol. The fourth-order valence-electron chi connectivity index (χ4n) is 3.55. The van der Waals surface area contributed by atoms with Crippen LogP contribution in [0.3, 0.4) is 0 Å². The Bertz CT molecular complexity index is 351. The highest BCUT2D eigenvalue weighted by Crippen LogP contribution is 2.33. The van der Waals surface area contributed by atoms with E-state index in [4.69, 9.17) is 9.47 Å². The molecule has 1 amide bonds. The first-order valence-corrected chi connectivity index (χ1v) is 7.55. The fourth-order valence-corrected chi connectivity index (χ4v) is 3.55. The number of halogens is 1. The minimum absolute atomic E-state index is 0. The molecule has 0 aliphatic carbocycles. The highest BCUT2D eigenvalue weighted by molar-refractivity contribution is 5.85. The van der Waals surface area contributed by atoms with E-state index in [9.17, 15) is 4.79 Å². The summed E-state index contributed by atoms with van der Waals surface area (Å²) < 4.78 is 11.3. The quantitative estimate of drug-likeness (QED) is 0.855. The molecule has 0 spiro atoms. The van der Waals surface area contributed by atoms with Gasteiger partial charge in [0.2, 0.25) is 5.91 Å². The fraction of sp³-hybridized carbons (Fsp3) is 0.933. The number of rotatable bonds is 3. The van der Waals surface area contributed by atoms with Gasteiger partial charge in [-0.15, -0.1) is 12.4 Å². The number of ether oxygens (including phenoxy) is 2. The average molecular weight is 321 g/mol. The van der Waals surface area contributed by atoms with E-state index in [1.54, 1.807) is 7.11 Å². The van der Waals surface area contributed by atoms with E-state index in [2.05, 4.69) is 5.32 Å². The van der Waals surface area contributed by atoms with Gasteiger partial charge in [0, 0.05) is 20.2 Å². The summed E-state index contributed by atoms with van der Waals surface area (Å²) in [4.78, 5) is 15.0. The maximum atomic E-state index is 13.1. The van der Waals surface area contributed by atoms with E-state index in [1.165, 1.54) is 0 Å². The van der Waals surface area contributed by atoms with Gasteiger partial charge in [-0.25, -0.2) is 0 Å². The number of nitrogens with zero attached hydrogens (tertiary/aromatic N) is 1. The molecule has 124 valence electrons. The van der Waals surface area contributed by atoms with Crippen LogP contribution in [0.15, 0.2) is 0 Å². The molecule has 21 heavy (non-hydrogen) atoms. The molecule has 0 radical (unpaired) electrons. The van der Waals surface area contributed by atoms with Gasteiger partial charge in [-0.1, -0.05) is 0 Å². The molecule has 2 rings (SSSR count). The molecule has 0 saturated carbocycles. The Morgan fingerprint density at radius 3 is 2.52 bits per heavy atom. The summed E-state index contributed by atoms with van der Waals surface area (Å²) in [6, 6.07) is 0. The monoisotopic (exact) mass is 320 g/mol. The van der Waals surface area contributed by atoms with Crippen LogP contribution in [0, 0.1) is 5.41 Å². The number of hydrogen-bond acceptors (Lipinski definition) is 4. The van der Waals surface area contributed by atoms with Crippen molar-refractivity contribution in [3.8, 4) is 0 Å². The number of carbonyl (C=O) groups is 1. The maximum Gasteiger partial charge on any atom is 0.231 e. The Morgan fingerprint density at radius 2 is 2.00 bits per heavy atom. The lowest BCUT2D eigenvalue weighted by molar-refractivity contribution is -0.171. The zero-order chi connectivity index (χ0) is 14.8. The van der Waals surface area contributed by atoms with Crippen molar-refractivity contribution in [3.05, 3.63) is 0 Å². The zero-order valence-electron chi connectivity index (χ0n) is 13.6. The van der Waals surface area contributed by atoms with Crippen LogP contribution in [0.1, 0.15) is 33.6 Å². The number of morpholine rings is 1. The number of piperidine rings is 1. The summed E-state index contributed by atoms with van der Waals surface area (Å²) in [6.45, 7) is 9.77. The van der Waals surface area contributed by atoms with Crippen LogP contribution in [-0.2, 0) is 14.3 Å². The Labute approximate surface area is 134 Å². The van der Waals surface area contributed by atoms with E-state index < -0.39 is 0 Å². The molecule has 1 atom stereocenters. The van der Waals surface area contributed by atoms with Crippen LogP contribution in [0.25, 0.3) is 0 Å². The summed E-state index contributed by atoms with van der Waals surface area (Å²) in [7, 11) is 1.68. The first-order chi connectivity index (χ1) is 9.38. The molecule has 1 N–H and O–H groups in total. The van der Waals surface area contributed by atoms with Gasteiger partial charge in [-0.3, -0.25) is 4.79 Å². The second-order valence-corrected chi connectivity index (χ2v) is 6.84. The number of methoxy groups -OCH3 is 1. The number of hydrogen-bond donors (Lipinski definition) is 1. The van der Waals surface area contributed by atoms with Gasteiger partial charge in [0.25, 0.3) is 0 Å². The average Bonchev–Trinajstić information content (AvgIpc) is 2.37. The van der Waals surface area contributed by atoms with Crippen LogP contribution < -0.4 is 5.32 Å². The molecule has 0 aromatic heterocycles. The Morgan fingerprint density at radius 1 is 1.38 bits per heavy atom. The predicted molar refractivity (Wildman–Crippen MR) is 84.9 cm³/mol. The van der Waals surface area contributed by atoms with Crippen molar-refractivity contribution < 1.29 is 14.3 Å². The molecule has 0 aromatic rings. The molecule has 2 fully saturated rings. The van der Waals surface area contributed by atoms with Crippen LogP contribution in [0.2, 0.25) is 0 Å². The van der Waals surface area contributed by atoms with Gasteiger partial charge in [0.15, 0.2) is 0 Å². The minimum Gasteiger partial charge on any atom is -0.384 e. The predicted octanol–water partition coefficient (Wildman–Crippen LogP) is 1.45. The minimum atomic E-state index is -0.354. The molecule has 6 heteroatoms. The second kappa shape index (κ2) is 7.27. The van der Waals surface area contributed by atoms with Gasteiger partial charge in [-0.2, -0.15) is 0 Å². The van der Waals surface area contributed by atoms with Crippen LogP contribution >= 0.6 is 12.4 Å². The zero-order valence-corrected chi connectivity index (χ0v) is 14.4. The number of carbonyl (C=O) groups excluding carboxylic acids is 1. The van der Waals surface area contributed by atoms with E-state index in [0.717, 1.165) is 25.9 Å². The Balaban J connectivity index is 0.00000220. The first-order valence-electron chi connectivity index (χ1n) is 7.55. The number of amides is 1. The molecule has 2 aliphatic rings. The van der Waals surface area contributed by atoms with E-state index >= 15 is 0 Å². The third-order valence-electron chi connectivity index (χ3n) is 4.29. The lowest BCUT2D eigenvalue weighted by Crippen LogP contribution is -2.59. The van der Waals surface area contributed by atoms with Gasteiger partial charge in [-0.05, 0) is 46.7 Å². The van der Waals surface area contributed by atoms with E-state index in [1.807, 2.05) is 25.7 Å². The molecule has 0 bridgehead atoms. The molecule has 2 aliphatic heterocycles. The molecule has 2 heterocycles. The van der Waals surface area contributed by atoms with E-state index in [0.29, 0.717) is 19.7 Å². The highest BCUT2D eigenvalue weighted by Gasteiger charge is 2.45. The summed E-state index contributed by atoms with van der Waals surface area (Å²) in [6.07, 6.45) is 1.79. The lowest BCUT2D eigenvalue weighted by atomic mass is 9.78. The van der Waals surface area contributed by atoms with Gasteiger partial charge in [0.1, 0.15) is 0 Å². The van der Waals surface area contributed by atoms with Gasteiger partial charge >= 0.3 is 0 Å².